The molecule has 0 aliphatic heterocycles. The van der Waals surface area contributed by atoms with Gasteiger partial charge in [0.25, 0.3) is 0 Å². The second kappa shape index (κ2) is 39.6. The second-order valence-electron chi connectivity index (χ2n) is 11.8. The van der Waals surface area contributed by atoms with Gasteiger partial charge in [-0.2, -0.15) is 0 Å². The summed E-state index contributed by atoms with van der Waals surface area (Å²) in [6, 6.07) is 0. The van der Waals surface area contributed by atoms with Crippen LogP contribution < -0.4 is 10.2 Å². The van der Waals surface area contributed by atoms with Crippen molar-refractivity contribution in [3.63, 3.8) is 0 Å². The fraction of sp³-hybridized carbons (Fsp3) is 0.833. The molecule has 2 unspecified atom stereocenters. The van der Waals surface area contributed by atoms with E-state index in [-0.39, 0.29) is 62.8 Å². The van der Waals surface area contributed by atoms with Crippen LogP contribution in [-0.4, -0.2) is 72.1 Å². The van der Waals surface area contributed by atoms with Crippen LogP contribution in [0.2, 0.25) is 0 Å². The van der Waals surface area contributed by atoms with E-state index in [9.17, 15) is 30.0 Å². The summed E-state index contributed by atoms with van der Waals surface area (Å²) in [6.45, 7) is 4.39. The predicted octanol–water partition coefficient (Wildman–Crippen LogP) is 7.11. The van der Waals surface area contributed by atoms with Crippen LogP contribution in [0.1, 0.15) is 181 Å². The molecule has 7 heteroatoms. The van der Waals surface area contributed by atoms with E-state index in [0.29, 0.717) is 0 Å². The number of carbonyl (C=O) groups excluding carboxylic acids is 2. The van der Waals surface area contributed by atoms with E-state index in [1.54, 1.807) is 0 Å². The van der Waals surface area contributed by atoms with Gasteiger partial charge in [0.05, 0.1) is 12.2 Å². The van der Waals surface area contributed by atoms with Gasteiger partial charge >= 0.3 is 37.7 Å². The van der Waals surface area contributed by atoms with Crippen LogP contribution in [0.25, 0.3) is 0 Å². The Hall–Kier alpha value is -0.400. The zero-order chi connectivity index (χ0) is 31.5. The molecule has 248 valence electrons. The van der Waals surface area contributed by atoms with Crippen LogP contribution >= 0.6 is 0 Å². The molecule has 6 nitrogen and oxygen atoms in total. The van der Waals surface area contributed by atoms with Crippen LogP contribution in [-0.2, 0) is 9.59 Å². The molecule has 0 aliphatic carbocycles. The number of aliphatic carboxylic acids is 2. The molecule has 0 aromatic carbocycles. The van der Waals surface area contributed by atoms with Crippen molar-refractivity contribution >= 4 is 49.7 Å². The summed E-state index contributed by atoms with van der Waals surface area (Å²) >= 11 is 0. The number of allylic oxidation sites excluding steroid dienone is 2. The largest absolute Gasteiger partial charge is 2.00 e. The number of carboxylic acid groups (broad SMARTS) is 2. The molecule has 0 fully saturated rings. The number of aliphatic hydroxyl groups is 2. The normalized spacial score (nSPS) is 12.6. The number of carbonyl (C=O) groups is 2. The Bertz CT molecular complexity index is 583. The topological polar surface area (TPSA) is 121 Å². The fourth-order valence-electron chi connectivity index (χ4n) is 4.72. The molecule has 0 saturated heterocycles. The summed E-state index contributed by atoms with van der Waals surface area (Å²) in [6.07, 6.45) is 34.0. The van der Waals surface area contributed by atoms with Gasteiger partial charge in [0.2, 0.25) is 0 Å². The Morgan fingerprint density at radius 3 is 1.19 bits per heavy atom. The molecule has 2 atom stereocenters. The first kappa shape index (κ1) is 47.0. The van der Waals surface area contributed by atoms with Gasteiger partial charge in [-0.15, -0.1) is 0 Å². The molecular formula is C36H66CaO6. The molecule has 2 N–H and O–H groups in total. The van der Waals surface area contributed by atoms with Gasteiger partial charge in [0.1, 0.15) is 0 Å². The van der Waals surface area contributed by atoms with Crippen molar-refractivity contribution in [2.45, 2.75) is 193 Å². The van der Waals surface area contributed by atoms with Crippen molar-refractivity contribution < 1.29 is 30.0 Å². The van der Waals surface area contributed by atoms with Crippen LogP contribution in [0.3, 0.4) is 0 Å². The van der Waals surface area contributed by atoms with E-state index in [1.165, 1.54) is 38.5 Å². The van der Waals surface area contributed by atoms with E-state index in [0.717, 1.165) is 116 Å². The van der Waals surface area contributed by atoms with E-state index in [2.05, 4.69) is 38.2 Å². The van der Waals surface area contributed by atoms with Crippen LogP contribution in [0.15, 0.2) is 24.3 Å². The van der Waals surface area contributed by atoms with Crippen molar-refractivity contribution in [3.05, 3.63) is 24.3 Å². The Kier molecular flexibility index (Phi) is 43.3. The molecule has 0 saturated carbocycles. The molecule has 0 amide bonds. The maximum absolute atomic E-state index is 10.2. The van der Waals surface area contributed by atoms with Crippen LogP contribution in [0.5, 0.6) is 0 Å². The standard InChI is InChI=1S/2C18H34O3.Ca/c2*1-2-3-4-11-14-17(19)15-12-9-7-5-6-8-10-13-16-18(20)21;/h2*9,12,17,19H,2-8,10-11,13-16H2,1H3,(H,20,21);/q;;+2/p-2. The van der Waals surface area contributed by atoms with E-state index in [1.807, 2.05) is 0 Å². The third kappa shape index (κ3) is 46.1. The maximum Gasteiger partial charge on any atom is 2.00 e. The Morgan fingerprint density at radius 1 is 0.512 bits per heavy atom. The quantitative estimate of drug-likeness (QED) is 0.0494. The van der Waals surface area contributed by atoms with Crippen LogP contribution in [0, 0.1) is 0 Å². The van der Waals surface area contributed by atoms with Crippen molar-refractivity contribution in [2.24, 2.45) is 0 Å². The molecule has 0 aliphatic rings. The predicted molar refractivity (Wildman–Crippen MR) is 177 cm³/mol. The minimum absolute atomic E-state index is 0. The monoisotopic (exact) mass is 634 g/mol. The molecule has 0 aromatic heterocycles. The number of hydrogen-bond donors (Lipinski definition) is 2. The third-order valence-corrected chi connectivity index (χ3v) is 7.43. The molecule has 0 heterocycles. The Morgan fingerprint density at radius 2 is 0.837 bits per heavy atom. The summed E-state index contributed by atoms with van der Waals surface area (Å²) in [5.74, 6) is -1.88. The van der Waals surface area contributed by atoms with Gasteiger partial charge < -0.3 is 30.0 Å². The third-order valence-electron chi connectivity index (χ3n) is 7.43. The fourth-order valence-corrected chi connectivity index (χ4v) is 4.72. The van der Waals surface area contributed by atoms with Gasteiger partial charge in [0, 0.05) is 11.9 Å². The average Bonchev–Trinajstić information content (AvgIpc) is 2.95. The smallest absolute Gasteiger partial charge is 0.550 e. The summed E-state index contributed by atoms with van der Waals surface area (Å²) in [7, 11) is 0. The molecular weight excluding hydrogens is 568 g/mol. The number of hydrogen-bond acceptors (Lipinski definition) is 6. The molecule has 0 radical (unpaired) electrons. The van der Waals surface area contributed by atoms with Crippen molar-refractivity contribution in [1.29, 1.82) is 0 Å². The number of aliphatic hydroxyl groups excluding tert-OH is 2. The summed E-state index contributed by atoms with van der Waals surface area (Å²) in [4.78, 5) is 20.4. The first-order valence-corrected chi connectivity index (χ1v) is 17.4. The van der Waals surface area contributed by atoms with E-state index in [4.69, 9.17) is 0 Å². The summed E-state index contributed by atoms with van der Waals surface area (Å²) < 4.78 is 0. The SMILES string of the molecule is CCCCCCC(O)CC=CCCCCCCCC(=O)[O-].CCCCCCC(O)CC=CCCCCCCCC(=O)[O-].[Ca+2]. The number of carboxylic acids is 2. The van der Waals surface area contributed by atoms with Gasteiger partial charge in [-0.3, -0.25) is 0 Å². The summed E-state index contributed by atoms with van der Waals surface area (Å²) in [5, 5.41) is 40.0. The van der Waals surface area contributed by atoms with Gasteiger partial charge in [-0.25, -0.2) is 0 Å². The van der Waals surface area contributed by atoms with Gasteiger partial charge in [-0.05, 0) is 77.0 Å². The Labute approximate surface area is 295 Å². The van der Waals surface area contributed by atoms with Crippen molar-refractivity contribution in [1.82, 2.24) is 0 Å². The van der Waals surface area contributed by atoms with Gasteiger partial charge in [0.15, 0.2) is 0 Å². The Balaban J connectivity index is -0.000000727. The first-order chi connectivity index (χ1) is 20.3. The molecule has 0 bridgehead atoms. The number of unbranched alkanes of at least 4 members (excludes halogenated alkanes) is 16. The average molecular weight is 635 g/mol. The van der Waals surface area contributed by atoms with Crippen molar-refractivity contribution in [3.8, 4) is 0 Å². The van der Waals surface area contributed by atoms with Gasteiger partial charge in [-0.1, -0.05) is 128 Å². The zero-order valence-corrected chi connectivity index (χ0v) is 30.3. The number of rotatable bonds is 30. The second-order valence-corrected chi connectivity index (χ2v) is 11.8. The molecule has 0 rings (SSSR count). The summed E-state index contributed by atoms with van der Waals surface area (Å²) in [5.41, 5.74) is 0. The molecule has 43 heavy (non-hydrogen) atoms. The van der Waals surface area contributed by atoms with Crippen LogP contribution in [0.4, 0.5) is 0 Å². The van der Waals surface area contributed by atoms with E-state index >= 15 is 0 Å². The minimum Gasteiger partial charge on any atom is -0.550 e. The van der Waals surface area contributed by atoms with Crippen molar-refractivity contribution in [2.75, 3.05) is 0 Å². The maximum atomic E-state index is 10.2. The minimum atomic E-state index is -0.939. The molecule has 0 aromatic rings. The molecule has 0 spiro atoms. The van der Waals surface area contributed by atoms with E-state index < -0.39 is 11.9 Å². The first-order valence-electron chi connectivity index (χ1n) is 17.4. The zero-order valence-electron chi connectivity index (χ0n) is 28.1.